The molecule has 0 spiro atoms. The van der Waals surface area contributed by atoms with Crippen LogP contribution in [0.25, 0.3) is 0 Å². The van der Waals surface area contributed by atoms with E-state index in [0.717, 1.165) is 13.1 Å². The summed E-state index contributed by atoms with van der Waals surface area (Å²) in [6, 6.07) is 4.34. The molecule has 17 heavy (non-hydrogen) atoms. The van der Waals surface area contributed by atoms with E-state index in [9.17, 15) is 9.18 Å². The highest BCUT2D eigenvalue weighted by Gasteiger charge is 2.08. The van der Waals surface area contributed by atoms with Crippen molar-refractivity contribution in [2.45, 2.75) is 6.92 Å². The number of nitrogens with one attached hydrogen (secondary N) is 1. The van der Waals surface area contributed by atoms with E-state index in [0.29, 0.717) is 16.6 Å². The quantitative estimate of drug-likeness (QED) is 0.905. The number of nitrogens with zero attached hydrogens (tertiary/aromatic N) is 1. The minimum Gasteiger partial charge on any atom is -0.351 e. The fourth-order valence-corrected chi connectivity index (χ4v) is 1.50. The van der Waals surface area contributed by atoms with Gasteiger partial charge in [0.1, 0.15) is 5.82 Å². The molecule has 1 aromatic carbocycles. The monoisotopic (exact) mass is 302 g/mol. The molecule has 0 saturated heterocycles. The highest BCUT2D eigenvalue weighted by Crippen LogP contribution is 2.16. The van der Waals surface area contributed by atoms with Crippen LogP contribution in [0.1, 0.15) is 17.3 Å². The van der Waals surface area contributed by atoms with Crippen LogP contribution in [-0.4, -0.2) is 37.5 Å². The average molecular weight is 303 g/mol. The second kappa shape index (κ2) is 6.71. The summed E-state index contributed by atoms with van der Waals surface area (Å²) in [5, 5.41) is 2.75. The highest BCUT2D eigenvalue weighted by atomic mass is 79.9. The van der Waals surface area contributed by atoms with Crippen LogP contribution in [0.4, 0.5) is 4.39 Å². The molecule has 0 heterocycles. The van der Waals surface area contributed by atoms with E-state index in [4.69, 9.17) is 0 Å². The number of carbonyl (C=O) groups excluding carboxylic acids is 1. The van der Waals surface area contributed by atoms with Crippen LogP contribution in [0.15, 0.2) is 22.7 Å². The van der Waals surface area contributed by atoms with Crippen molar-refractivity contribution < 1.29 is 9.18 Å². The standard InChI is InChI=1S/C12H16BrFN2O/c1-3-16(2)7-6-15-12(17)9-4-5-10(13)11(14)8-9/h4-5,8H,3,6-7H2,1-2H3,(H,15,17). The largest absolute Gasteiger partial charge is 0.351 e. The zero-order valence-electron chi connectivity index (χ0n) is 9.96. The van der Waals surface area contributed by atoms with Gasteiger partial charge in [0.15, 0.2) is 0 Å². The van der Waals surface area contributed by atoms with Crippen LogP contribution in [-0.2, 0) is 0 Å². The van der Waals surface area contributed by atoms with E-state index in [1.54, 1.807) is 6.07 Å². The lowest BCUT2D eigenvalue weighted by Gasteiger charge is -2.14. The Morgan fingerprint density at radius 1 is 1.53 bits per heavy atom. The van der Waals surface area contributed by atoms with Crippen molar-refractivity contribution in [3.05, 3.63) is 34.1 Å². The van der Waals surface area contributed by atoms with Crippen molar-refractivity contribution in [2.24, 2.45) is 0 Å². The van der Waals surface area contributed by atoms with Crippen molar-refractivity contribution in [1.82, 2.24) is 10.2 Å². The molecule has 0 aromatic heterocycles. The fraction of sp³-hybridized carbons (Fsp3) is 0.417. The van der Waals surface area contributed by atoms with Crippen LogP contribution in [0.3, 0.4) is 0 Å². The predicted octanol–water partition coefficient (Wildman–Crippen LogP) is 2.27. The lowest BCUT2D eigenvalue weighted by molar-refractivity contribution is 0.0949. The number of amides is 1. The third kappa shape index (κ3) is 4.44. The molecule has 0 aliphatic rings. The van der Waals surface area contributed by atoms with E-state index in [1.165, 1.54) is 12.1 Å². The molecule has 1 rings (SSSR count). The lowest BCUT2D eigenvalue weighted by Crippen LogP contribution is -2.32. The molecule has 0 atom stereocenters. The van der Waals surface area contributed by atoms with Gasteiger partial charge in [-0.05, 0) is 47.7 Å². The summed E-state index contributed by atoms with van der Waals surface area (Å²) in [5.74, 6) is -0.677. The van der Waals surface area contributed by atoms with Gasteiger partial charge in [-0.15, -0.1) is 0 Å². The van der Waals surface area contributed by atoms with Crippen LogP contribution in [0.5, 0.6) is 0 Å². The van der Waals surface area contributed by atoms with Crippen molar-refractivity contribution in [2.75, 3.05) is 26.7 Å². The van der Waals surface area contributed by atoms with E-state index >= 15 is 0 Å². The van der Waals surface area contributed by atoms with Gasteiger partial charge >= 0.3 is 0 Å². The molecule has 1 N–H and O–H groups in total. The van der Waals surface area contributed by atoms with Gasteiger partial charge in [0.2, 0.25) is 0 Å². The normalized spacial score (nSPS) is 10.6. The Labute approximate surface area is 109 Å². The van der Waals surface area contributed by atoms with Gasteiger partial charge in [-0.1, -0.05) is 6.92 Å². The maximum atomic E-state index is 13.2. The molecule has 1 aromatic rings. The van der Waals surface area contributed by atoms with Crippen molar-refractivity contribution in [3.8, 4) is 0 Å². The molecular weight excluding hydrogens is 287 g/mol. The molecule has 3 nitrogen and oxygen atoms in total. The summed E-state index contributed by atoms with van der Waals surface area (Å²) in [6.45, 7) is 4.32. The number of carbonyl (C=O) groups is 1. The SMILES string of the molecule is CCN(C)CCNC(=O)c1ccc(Br)c(F)c1. The Bertz CT molecular complexity index is 398. The van der Waals surface area contributed by atoms with Crippen molar-refractivity contribution >= 4 is 21.8 Å². The maximum Gasteiger partial charge on any atom is 0.251 e. The van der Waals surface area contributed by atoms with Gasteiger partial charge in [-0.3, -0.25) is 4.79 Å². The number of hydrogen-bond acceptors (Lipinski definition) is 2. The first-order chi connectivity index (χ1) is 8.04. The van der Waals surface area contributed by atoms with Crippen molar-refractivity contribution in [1.29, 1.82) is 0 Å². The highest BCUT2D eigenvalue weighted by molar-refractivity contribution is 9.10. The van der Waals surface area contributed by atoms with Crippen LogP contribution in [0.2, 0.25) is 0 Å². The van der Waals surface area contributed by atoms with E-state index in [1.807, 2.05) is 14.0 Å². The second-order valence-corrected chi connectivity index (χ2v) is 4.64. The molecule has 0 saturated carbocycles. The van der Waals surface area contributed by atoms with Gasteiger partial charge < -0.3 is 10.2 Å². The topological polar surface area (TPSA) is 32.3 Å². The smallest absolute Gasteiger partial charge is 0.251 e. The first-order valence-electron chi connectivity index (χ1n) is 5.46. The Morgan fingerprint density at radius 2 is 2.24 bits per heavy atom. The number of hydrogen-bond donors (Lipinski definition) is 1. The zero-order chi connectivity index (χ0) is 12.8. The van der Waals surface area contributed by atoms with Gasteiger partial charge in [0.25, 0.3) is 5.91 Å². The summed E-state index contributed by atoms with van der Waals surface area (Å²) in [7, 11) is 1.98. The fourth-order valence-electron chi connectivity index (χ4n) is 1.26. The second-order valence-electron chi connectivity index (χ2n) is 3.78. The summed E-state index contributed by atoms with van der Waals surface area (Å²) in [5.41, 5.74) is 0.338. The molecule has 0 fully saturated rings. The first-order valence-corrected chi connectivity index (χ1v) is 6.25. The van der Waals surface area contributed by atoms with Crippen LogP contribution >= 0.6 is 15.9 Å². The Kier molecular flexibility index (Phi) is 5.58. The third-order valence-electron chi connectivity index (χ3n) is 2.50. The zero-order valence-corrected chi connectivity index (χ0v) is 11.6. The Hall–Kier alpha value is -0.940. The maximum absolute atomic E-state index is 13.2. The minimum atomic E-state index is -0.427. The van der Waals surface area contributed by atoms with Gasteiger partial charge in [0, 0.05) is 18.7 Å². The summed E-state index contributed by atoms with van der Waals surface area (Å²) in [6.07, 6.45) is 0. The molecule has 0 bridgehead atoms. The number of benzene rings is 1. The molecule has 0 aliphatic heterocycles. The Morgan fingerprint density at radius 3 is 2.82 bits per heavy atom. The molecule has 94 valence electrons. The van der Waals surface area contributed by atoms with Crippen LogP contribution in [0, 0.1) is 5.82 Å². The summed E-state index contributed by atoms with van der Waals surface area (Å²) >= 11 is 3.05. The van der Waals surface area contributed by atoms with Gasteiger partial charge in [-0.2, -0.15) is 0 Å². The average Bonchev–Trinajstić information content (AvgIpc) is 2.32. The number of rotatable bonds is 5. The van der Waals surface area contributed by atoms with E-state index in [-0.39, 0.29) is 5.91 Å². The van der Waals surface area contributed by atoms with Gasteiger partial charge in [0.05, 0.1) is 4.47 Å². The molecule has 5 heteroatoms. The molecule has 1 amide bonds. The number of halogens is 2. The third-order valence-corrected chi connectivity index (χ3v) is 3.14. The first kappa shape index (κ1) is 14.1. The van der Waals surface area contributed by atoms with Crippen LogP contribution < -0.4 is 5.32 Å². The van der Waals surface area contributed by atoms with Crippen molar-refractivity contribution in [3.63, 3.8) is 0 Å². The number of likely N-dealkylation sites (N-methyl/N-ethyl adjacent to an activating group) is 1. The Balaban J connectivity index is 2.50. The molecule has 0 unspecified atom stereocenters. The van der Waals surface area contributed by atoms with E-state index < -0.39 is 5.82 Å². The summed E-state index contributed by atoms with van der Waals surface area (Å²) in [4.78, 5) is 13.8. The van der Waals surface area contributed by atoms with Gasteiger partial charge in [-0.25, -0.2) is 4.39 Å². The molecule has 0 radical (unpaired) electrons. The minimum absolute atomic E-state index is 0.249. The predicted molar refractivity (Wildman–Crippen MR) is 69.6 cm³/mol. The van der Waals surface area contributed by atoms with E-state index in [2.05, 4.69) is 26.1 Å². The molecule has 0 aliphatic carbocycles. The summed E-state index contributed by atoms with van der Waals surface area (Å²) < 4.78 is 13.6. The molecular formula is C12H16BrFN2O. The lowest BCUT2D eigenvalue weighted by atomic mass is 10.2.